The van der Waals surface area contributed by atoms with Crippen LogP contribution in [0, 0.1) is 0 Å². The Kier molecular flexibility index (Phi) is 4.93. The van der Waals surface area contributed by atoms with Crippen molar-refractivity contribution in [3.05, 3.63) is 48.0 Å². The molecule has 0 amide bonds. The van der Waals surface area contributed by atoms with Crippen molar-refractivity contribution in [1.82, 2.24) is 4.72 Å². The number of fused-ring (bicyclic) bond motifs is 1. The Morgan fingerprint density at radius 1 is 1.10 bits per heavy atom. The molecule has 0 bridgehead atoms. The van der Waals surface area contributed by atoms with Crippen LogP contribution in [0.25, 0.3) is 10.8 Å². The maximum atomic E-state index is 11.8. The molecule has 112 valence electrons. The highest BCUT2D eigenvalue weighted by Crippen LogP contribution is 2.18. The Morgan fingerprint density at radius 3 is 2.57 bits per heavy atom. The Labute approximate surface area is 123 Å². The molecule has 6 heteroatoms. The fourth-order valence-electron chi connectivity index (χ4n) is 2.12. The monoisotopic (exact) mass is 307 g/mol. The molecule has 0 heterocycles. The lowest BCUT2D eigenvalue weighted by atomic mass is 10.1. The van der Waals surface area contributed by atoms with Gasteiger partial charge in [0.25, 0.3) is 0 Å². The van der Waals surface area contributed by atoms with E-state index in [2.05, 4.69) is 4.72 Å². The van der Waals surface area contributed by atoms with E-state index in [1.54, 1.807) is 0 Å². The lowest BCUT2D eigenvalue weighted by Gasteiger charge is -2.09. The molecule has 0 aliphatic rings. The van der Waals surface area contributed by atoms with Crippen molar-refractivity contribution in [3.63, 3.8) is 0 Å². The number of rotatable bonds is 7. The molecular formula is C15H17NO4S. The normalized spacial score (nSPS) is 11.6. The first-order chi connectivity index (χ1) is 9.98. The van der Waals surface area contributed by atoms with Crippen molar-refractivity contribution >= 4 is 26.8 Å². The van der Waals surface area contributed by atoms with Crippen LogP contribution in [0.4, 0.5) is 0 Å². The average Bonchev–Trinajstić information content (AvgIpc) is 2.44. The molecule has 0 aromatic heterocycles. The van der Waals surface area contributed by atoms with Crippen molar-refractivity contribution in [2.75, 3.05) is 5.75 Å². The van der Waals surface area contributed by atoms with Crippen LogP contribution in [-0.2, 0) is 21.4 Å². The van der Waals surface area contributed by atoms with Gasteiger partial charge in [-0.3, -0.25) is 4.79 Å². The van der Waals surface area contributed by atoms with Crippen LogP contribution >= 0.6 is 0 Å². The van der Waals surface area contributed by atoms with E-state index in [-0.39, 0.29) is 25.1 Å². The molecule has 0 unspecified atom stereocenters. The SMILES string of the molecule is O=C(O)CCCS(=O)(=O)NCc1cccc2ccccc12. The number of carboxylic acid groups (broad SMARTS) is 1. The quantitative estimate of drug-likeness (QED) is 0.820. The van der Waals surface area contributed by atoms with Gasteiger partial charge in [0.1, 0.15) is 0 Å². The van der Waals surface area contributed by atoms with E-state index in [9.17, 15) is 13.2 Å². The average molecular weight is 307 g/mol. The van der Waals surface area contributed by atoms with Crippen molar-refractivity contribution in [3.8, 4) is 0 Å². The topological polar surface area (TPSA) is 83.5 Å². The second-order valence-electron chi connectivity index (χ2n) is 4.78. The minimum Gasteiger partial charge on any atom is -0.481 e. The van der Waals surface area contributed by atoms with E-state index in [0.29, 0.717) is 0 Å². The van der Waals surface area contributed by atoms with Crippen LogP contribution in [0.1, 0.15) is 18.4 Å². The van der Waals surface area contributed by atoms with Crippen molar-refractivity contribution < 1.29 is 18.3 Å². The highest BCUT2D eigenvalue weighted by molar-refractivity contribution is 7.89. The summed E-state index contributed by atoms with van der Waals surface area (Å²) in [6.07, 6.45) is -0.0324. The third kappa shape index (κ3) is 4.54. The fourth-order valence-corrected chi connectivity index (χ4v) is 3.16. The molecule has 0 aliphatic heterocycles. The van der Waals surface area contributed by atoms with Gasteiger partial charge in [-0.1, -0.05) is 42.5 Å². The molecule has 0 fully saturated rings. The molecule has 0 aliphatic carbocycles. The minimum absolute atomic E-state index is 0.111. The smallest absolute Gasteiger partial charge is 0.303 e. The summed E-state index contributed by atoms with van der Waals surface area (Å²) in [7, 11) is -3.46. The summed E-state index contributed by atoms with van der Waals surface area (Å²) in [5.74, 6) is -1.16. The van der Waals surface area contributed by atoms with Gasteiger partial charge in [-0.05, 0) is 22.8 Å². The van der Waals surface area contributed by atoms with Crippen molar-refractivity contribution in [2.24, 2.45) is 0 Å². The Morgan fingerprint density at radius 2 is 1.81 bits per heavy atom. The zero-order valence-electron chi connectivity index (χ0n) is 11.5. The highest BCUT2D eigenvalue weighted by atomic mass is 32.2. The molecule has 2 rings (SSSR count). The zero-order valence-corrected chi connectivity index (χ0v) is 12.3. The molecule has 2 N–H and O–H groups in total. The summed E-state index contributed by atoms with van der Waals surface area (Å²) < 4.78 is 26.2. The van der Waals surface area contributed by atoms with Gasteiger partial charge in [0.05, 0.1) is 5.75 Å². The summed E-state index contributed by atoms with van der Waals surface area (Å²) in [5, 5.41) is 10.6. The van der Waals surface area contributed by atoms with E-state index in [1.807, 2.05) is 42.5 Å². The number of carboxylic acids is 1. The molecule has 0 saturated heterocycles. The molecule has 2 aromatic rings. The van der Waals surface area contributed by atoms with Crippen LogP contribution in [0.5, 0.6) is 0 Å². The molecule has 0 saturated carbocycles. The number of aliphatic carboxylic acids is 1. The summed E-state index contributed by atoms with van der Waals surface area (Å²) >= 11 is 0. The standard InChI is InChI=1S/C15H17NO4S/c17-15(18)9-4-10-21(19,20)16-11-13-7-3-6-12-5-1-2-8-14(12)13/h1-3,5-8,16H,4,9-11H2,(H,17,18). The number of hydrogen-bond acceptors (Lipinski definition) is 3. The first-order valence-electron chi connectivity index (χ1n) is 6.64. The number of hydrogen-bond donors (Lipinski definition) is 2. The van der Waals surface area contributed by atoms with Gasteiger partial charge in [-0.2, -0.15) is 0 Å². The third-order valence-corrected chi connectivity index (χ3v) is 4.58. The number of carbonyl (C=O) groups is 1. The van der Waals surface area contributed by atoms with Crippen molar-refractivity contribution in [1.29, 1.82) is 0 Å². The summed E-state index contributed by atoms with van der Waals surface area (Å²) in [6.45, 7) is 0.205. The molecule has 0 atom stereocenters. The first kappa shape index (κ1) is 15.5. The molecular weight excluding hydrogens is 290 g/mol. The summed E-state index contributed by atoms with van der Waals surface area (Å²) in [5.41, 5.74) is 0.898. The van der Waals surface area contributed by atoms with Gasteiger partial charge in [-0.15, -0.1) is 0 Å². The number of nitrogens with one attached hydrogen (secondary N) is 1. The van der Waals surface area contributed by atoms with Gasteiger partial charge < -0.3 is 5.11 Å². The minimum atomic E-state index is -3.46. The Bertz CT molecular complexity index is 735. The van der Waals surface area contributed by atoms with Gasteiger partial charge in [-0.25, -0.2) is 13.1 Å². The lowest BCUT2D eigenvalue weighted by molar-refractivity contribution is -0.137. The van der Waals surface area contributed by atoms with Crippen LogP contribution in [0.15, 0.2) is 42.5 Å². The van der Waals surface area contributed by atoms with Gasteiger partial charge in [0.2, 0.25) is 10.0 Å². The van der Waals surface area contributed by atoms with Crippen LogP contribution in [0.3, 0.4) is 0 Å². The van der Waals surface area contributed by atoms with E-state index < -0.39 is 16.0 Å². The first-order valence-corrected chi connectivity index (χ1v) is 8.29. The fraction of sp³-hybridized carbons (Fsp3) is 0.267. The van der Waals surface area contributed by atoms with Gasteiger partial charge in [0, 0.05) is 13.0 Å². The van der Waals surface area contributed by atoms with E-state index in [4.69, 9.17) is 5.11 Å². The Balaban J connectivity index is 2.03. The van der Waals surface area contributed by atoms with E-state index >= 15 is 0 Å². The summed E-state index contributed by atoms with van der Waals surface area (Å²) in [4.78, 5) is 10.4. The number of sulfonamides is 1. The lowest BCUT2D eigenvalue weighted by Crippen LogP contribution is -2.26. The highest BCUT2D eigenvalue weighted by Gasteiger charge is 2.11. The van der Waals surface area contributed by atoms with Gasteiger partial charge in [0.15, 0.2) is 0 Å². The summed E-state index contributed by atoms with van der Waals surface area (Å²) in [6, 6.07) is 13.5. The van der Waals surface area contributed by atoms with E-state index in [1.165, 1.54) is 0 Å². The number of benzene rings is 2. The molecule has 0 spiro atoms. The van der Waals surface area contributed by atoms with Crippen LogP contribution in [0.2, 0.25) is 0 Å². The third-order valence-electron chi connectivity index (χ3n) is 3.17. The van der Waals surface area contributed by atoms with E-state index in [0.717, 1.165) is 16.3 Å². The zero-order chi connectivity index (χ0) is 15.3. The molecule has 0 radical (unpaired) electrons. The molecule has 21 heavy (non-hydrogen) atoms. The molecule has 2 aromatic carbocycles. The van der Waals surface area contributed by atoms with Crippen LogP contribution in [-0.4, -0.2) is 25.2 Å². The largest absolute Gasteiger partial charge is 0.481 e. The maximum absolute atomic E-state index is 11.8. The predicted octanol–water partition coefficient (Wildman–Crippen LogP) is 2.12. The second kappa shape index (κ2) is 6.69. The maximum Gasteiger partial charge on any atom is 0.303 e. The van der Waals surface area contributed by atoms with Crippen LogP contribution < -0.4 is 4.72 Å². The van der Waals surface area contributed by atoms with Crippen molar-refractivity contribution in [2.45, 2.75) is 19.4 Å². The van der Waals surface area contributed by atoms with Gasteiger partial charge >= 0.3 is 5.97 Å². The Hall–Kier alpha value is -1.92. The second-order valence-corrected chi connectivity index (χ2v) is 6.70. The molecule has 5 nitrogen and oxygen atoms in total. The predicted molar refractivity (Wildman–Crippen MR) is 81.4 cm³/mol.